The third-order valence-corrected chi connectivity index (χ3v) is 10.5. The van der Waals surface area contributed by atoms with Gasteiger partial charge in [0.25, 0.3) is 0 Å². The summed E-state index contributed by atoms with van der Waals surface area (Å²) in [7, 11) is -9.52. The molecule has 3 fully saturated rings. The number of anilines is 1. The highest BCUT2D eigenvalue weighted by Gasteiger charge is 2.52. The molecular weight excluding hydrogens is 650 g/mol. The van der Waals surface area contributed by atoms with Crippen LogP contribution in [0.4, 0.5) is 5.82 Å². The molecule has 5 aromatic rings. The van der Waals surface area contributed by atoms with Gasteiger partial charge in [-0.2, -0.15) is 0 Å². The fraction of sp³-hybridized carbons (Fsp3) is 0.500. The number of rotatable bonds is 2. The lowest BCUT2D eigenvalue weighted by Gasteiger charge is -2.28. The number of nitrogen functional groups attached to an aromatic ring is 1. The zero-order valence-electron chi connectivity index (χ0n) is 24.2. The van der Waals surface area contributed by atoms with Crippen molar-refractivity contribution in [1.82, 2.24) is 43.4 Å². The maximum Gasteiger partial charge on any atom is 0.472 e. The van der Waals surface area contributed by atoms with Gasteiger partial charge in [0.15, 0.2) is 28.3 Å². The van der Waals surface area contributed by atoms with Crippen LogP contribution in [0, 0.1) is 11.8 Å². The van der Waals surface area contributed by atoms with E-state index in [1.54, 1.807) is 46.1 Å². The lowest BCUT2D eigenvalue weighted by Crippen LogP contribution is -2.35. The van der Waals surface area contributed by atoms with Gasteiger partial charge in [0.05, 0.1) is 25.9 Å². The normalized spacial score (nSPS) is 37.3. The lowest BCUT2D eigenvalue weighted by atomic mass is 10.0. The predicted octanol–water partition coefficient (Wildman–Crippen LogP) is 1.59. The molecule has 0 radical (unpaired) electrons. The van der Waals surface area contributed by atoms with Gasteiger partial charge in [0.1, 0.15) is 55.0 Å². The monoisotopic (exact) mass is 678 g/mol. The largest absolute Gasteiger partial charge is 0.472 e. The highest BCUT2D eigenvalue weighted by molar-refractivity contribution is 7.47. The average Bonchev–Trinajstić information content (AvgIpc) is 3.83. The van der Waals surface area contributed by atoms with Gasteiger partial charge in [-0.25, -0.2) is 39.0 Å². The first-order valence-corrected chi connectivity index (χ1v) is 17.2. The Labute approximate surface area is 258 Å². The van der Waals surface area contributed by atoms with Crippen molar-refractivity contribution < 1.29 is 46.5 Å². The molecule has 5 aromatic heterocycles. The van der Waals surface area contributed by atoms with Crippen LogP contribution in [0.3, 0.4) is 0 Å². The van der Waals surface area contributed by atoms with Crippen LogP contribution < -0.4 is 5.73 Å². The minimum Gasteiger partial charge on any atom is -0.382 e. The summed E-state index contributed by atoms with van der Waals surface area (Å²) >= 11 is 0. The number of phosphoric acid groups is 2. The molecular formula is C24H28N10O10P2. The Balaban J connectivity index is 1.08. The van der Waals surface area contributed by atoms with E-state index in [1.165, 1.54) is 19.0 Å². The molecule has 0 spiro atoms. The Kier molecular flexibility index (Phi) is 7.04. The summed E-state index contributed by atoms with van der Waals surface area (Å²) in [5.41, 5.74) is 8.14. The molecule has 4 N–H and O–H groups in total. The quantitative estimate of drug-likeness (QED) is 0.224. The number of phosphoric ester groups is 2. The van der Waals surface area contributed by atoms with Gasteiger partial charge in [-0.05, 0) is 0 Å². The average molecular weight is 678 g/mol. The van der Waals surface area contributed by atoms with Crippen molar-refractivity contribution in [3.8, 4) is 0 Å². The van der Waals surface area contributed by atoms with E-state index >= 15 is 0 Å². The summed E-state index contributed by atoms with van der Waals surface area (Å²) < 4.78 is 66.0. The van der Waals surface area contributed by atoms with Crippen molar-refractivity contribution in [3.05, 3.63) is 37.7 Å². The van der Waals surface area contributed by atoms with E-state index in [-0.39, 0.29) is 5.82 Å². The maximum absolute atomic E-state index is 13.3. The molecule has 22 heteroatoms. The maximum atomic E-state index is 13.3. The first-order valence-electron chi connectivity index (χ1n) is 14.2. The minimum atomic E-state index is -4.76. The van der Waals surface area contributed by atoms with E-state index in [0.29, 0.717) is 28.0 Å². The topological polar surface area (TPSA) is 248 Å². The van der Waals surface area contributed by atoms with Crippen molar-refractivity contribution in [2.24, 2.45) is 11.8 Å². The van der Waals surface area contributed by atoms with E-state index in [1.807, 2.05) is 0 Å². The Hall–Kier alpha value is -3.42. The SMILES string of the molecule is C[C@@H]1[C@@H]2OP(=O)(O)OCC3O[C@@H](n4cnc5c(N)ncnc54)[C@H](C)[C@@H]3OP(=O)(O)OC[C@H]2O[C@H]1n1cnc2c1ncn1ccnc21. The molecule has 20 nitrogen and oxygen atoms in total. The zero-order valence-corrected chi connectivity index (χ0v) is 25.9. The van der Waals surface area contributed by atoms with Gasteiger partial charge >= 0.3 is 15.6 Å². The van der Waals surface area contributed by atoms with Gasteiger partial charge in [-0.1, -0.05) is 13.8 Å². The molecule has 8 rings (SSSR count). The number of hydrogen-bond acceptors (Lipinski definition) is 15. The molecule has 0 aliphatic carbocycles. The second-order valence-corrected chi connectivity index (χ2v) is 14.1. The van der Waals surface area contributed by atoms with Crippen LogP contribution in [0.1, 0.15) is 26.3 Å². The van der Waals surface area contributed by atoms with E-state index in [9.17, 15) is 18.9 Å². The Morgan fingerprint density at radius 3 is 1.93 bits per heavy atom. The number of nitrogens with zero attached hydrogens (tertiary/aromatic N) is 9. The summed E-state index contributed by atoms with van der Waals surface area (Å²) in [5.74, 6) is -1.08. The van der Waals surface area contributed by atoms with Crippen molar-refractivity contribution in [2.45, 2.75) is 50.7 Å². The lowest BCUT2D eigenvalue weighted by molar-refractivity contribution is -0.0661. The van der Waals surface area contributed by atoms with Crippen molar-refractivity contribution in [3.63, 3.8) is 0 Å². The third-order valence-electron chi connectivity index (χ3n) is 8.50. The summed E-state index contributed by atoms with van der Waals surface area (Å²) in [6.07, 6.45) is 3.03. The summed E-state index contributed by atoms with van der Waals surface area (Å²) in [4.78, 5) is 47.3. The summed E-state index contributed by atoms with van der Waals surface area (Å²) in [6, 6.07) is 0. The molecule has 3 aliphatic rings. The minimum absolute atomic E-state index is 0.157. The second kappa shape index (κ2) is 10.8. The summed E-state index contributed by atoms with van der Waals surface area (Å²) in [5, 5.41) is 0. The first-order chi connectivity index (χ1) is 22.0. The molecule has 0 amide bonds. The number of imidazole rings is 3. The van der Waals surface area contributed by atoms with Crippen LogP contribution in [-0.2, 0) is 36.7 Å². The van der Waals surface area contributed by atoms with Crippen LogP contribution >= 0.6 is 15.6 Å². The van der Waals surface area contributed by atoms with E-state index < -0.39 is 77.6 Å². The molecule has 8 heterocycles. The molecule has 0 aromatic carbocycles. The van der Waals surface area contributed by atoms with Crippen molar-refractivity contribution >= 4 is 49.4 Å². The molecule has 0 saturated carbocycles. The second-order valence-electron chi connectivity index (χ2n) is 11.3. The number of ether oxygens (including phenoxy) is 2. The fourth-order valence-electron chi connectivity index (χ4n) is 6.29. The molecule has 0 bridgehead atoms. The fourth-order valence-corrected chi connectivity index (χ4v) is 8.35. The number of nitrogens with two attached hydrogens (primary N) is 1. The summed E-state index contributed by atoms with van der Waals surface area (Å²) in [6.45, 7) is 2.37. The number of hydrogen-bond donors (Lipinski definition) is 3. The Bertz CT molecular complexity index is 2050. The standard InChI is InChI=1S/C24H28N10O10P2/c1-11-17-13(41-23(11)33-9-29-15-19(25)27-7-28-21(15)33)5-39-46(37,38)44-18-12(2)24(42-14(18)6-40-45(35,36)43-17)34-10-30-16-20-26-3-4-32(20)8-31-22(16)34/h3-4,7-14,17-18,23-24H,5-6H2,1-2H3,(H,35,36)(H,37,38)(H2,25,27,28)/t11-,12-,13?,14-,17+,18+,23-,24-/m1/s1. The highest BCUT2D eigenvalue weighted by Crippen LogP contribution is 2.55. The van der Waals surface area contributed by atoms with Crippen molar-refractivity contribution in [1.29, 1.82) is 0 Å². The van der Waals surface area contributed by atoms with Crippen LogP contribution in [0.2, 0.25) is 0 Å². The van der Waals surface area contributed by atoms with Crippen molar-refractivity contribution in [2.75, 3.05) is 18.9 Å². The smallest absolute Gasteiger partial charge is 0.382 e. The molecule has 10 atom stereocenters. The van der Waals surface area contributed by atoms with Gasteiger partial charge in [0.2, 0.25) is 0 Å². The molecule has 244 valence electrons. The number of aromatic nitrogens is 9. The zero-order chi connectivity index (χ0) is 32.0. The van der Waals surface area contributed by atoms with Gasteiger partial charge < -0.3 is 25.0 Å². The Morgan fingerprint density at radius 2 is 1.33 bits per heavy atom. The highest BCUT2D eigenvalue weighted by atomic mass is 31.2. The predicted molar refractivity (Wildman–Crippen MR) is 153 cm³/mol. The first kappa shape index (κ1) is 29.9. The van der Waals surface area contributed by atoms with Crippen LogP contribution in [-0.4, -0.2) is 90.9 Å². The van der Waals surface area contributed by atoms with Crippen LogP contribution in [0.25, 0.3) is 28.0 Å². The van der Waals surface area contributed by atoms with Gasteiger partial charge in [0, 0.05) is 24.2 Å². The van der Waals surface area contributed by atoms with E-state index in [4.69, 9.17) is 33.3 Å². The van der Waals surface area contributed by atoms with Crippen LogP contribution in [0.15, 0.2) is 37.7 Å². The van der Waals surface area contributed by atoms with E-state index in [2.05, 4.69) is 29.9 Å². The van der Waals surface area contributed by atoms with Gasteiger partial charge in [-0.15, -0.1) is 0 Å². The van der Waals surface area contributed by atoms with E-state index in [0.717, 1.165) is 0 Å². The molecule has 3 unspecified atom stereocenters. The Morgan fingerprint density at radius 1 is 0.761 bits per heavy atom. The van der Waals surface area contributed by atoms with Crippen LogP contribution in [0.5, 0.6) is 0 Å². The number of fused-ring (bicyclic) bond motifs is 6. The molecule has 46 heavy (non-hydrogen) atoms. The van der Waals surface area contributed by atoms with Gasteiger partial charge in [-0.3, -0.25) is 31.6 Å². The molecule has 3 aliphatic heterocycles. The molecule has 3 saturated heterocycles. The third kappa shape index (κ3) is 4.93.